The molecule has 0 aliphatic carbocycles. The number of nitrogens with zero attached hydrogens (tertiary/aromatic N) is 4. The first-order valence-corrected chi connectivity index (χ1v) is 12.6. The molecule has 3 aromatic rings. The third kappa shape index (κ3) is 8.95. The van der Waals surface area contributed by atoms with Crippen molar-refractivity contribution in [3.8, 4) is 11.5 Å². The van der Waals surface area contributed by atoms with Gasteiger partial charge in [0.25, 0.3) is 0 Å². The fourth-order valence-electron chi connectivity index (χ4n) is 3.89. The first kappa shape index (κ1) is 27.1. The van der Waals surface area contributed by atoms with Gasteiger partial charge in [0, 0.05) is 55.8 Å². The Morgan fingerprint density at radius 1 is 0.611 bits per heavy atom. The molecule has 0 unspecified atom stereocenters. The molecule has 0 aromatic heterocycles. The molecular weight excluding hydrogens is 448 g/mol. The van der Waals surface area contributed by atoms with E-state index in [1.165, 1.54) is 11.1 Å². The van der Waals surface area contributed by atoms with Crippen molar-refractivity contribution in [1.82, 2.24) is 9.80 Å². The van der Waals surface area contributed by atoms with Crippen LogP contribution in [-0.2, 0) is 26.2 Å². The lowest BCUT2D eigenvalue weighted by molar-refractivity contribution is 0.284. The summed E-state index contributed by atoms with van der Waals surface area (Å²) in [5, 5.41) is 8.30. The fraction of sp³-hybridized carbons (Fsp3) is 0.333. The summed E-state index contributed by atoms with van der Waals surface area (Å²) in [6, 6.07) is 25.0. The Kier molecular flexibility index (Phi) is 11.2. The van der Waals surface area contributed by atoms with Crippen LogP contribution in [0.15, 0.2) is 83.1 Å². The summed E-state index contributed by atoms with van der Waals surface area (Å²) in [7, 11) is 4.23. The number of hydrogen-bond acceptors (Lipinski definition) is 6. The second-order valence-electron chi connectivity index (χ2n) is 8.96. The number of rotatable bonds is 14. The molecule has 0 heterocycles. The van der Waals surface area contributed by atoms with Crippen molar-refractivity contribution >= 4 is 12.4 Å². The molecule has 0 bridgehead atoms. The van der Waals surface area contributed by atoms with E-state index in [0.717, 1.165) is 37.1 Å². The van der Waals surface area contributed by atoms with Crippen molar-refractivity contribution in [2.45, 2.75) is 52.9 Å². The van der Waals surface area contributed by atoms with Gasteiger partial charge in [-0.15, -0.1) is 0 Å². The van der Waals surface area contributed by atoms with Gasteiger partial charge in [0.2, 0.25) is 0 Å². The van der Waals surface area contributed by atoms with Gasteiger partial charge in [0.05, 0.1) is 0 Å². The summed E-state index contributed by atoms with van der Waals surface area (Å²) in [6.45, 7) is 7.14. The summed E-state index contributed by atoms with van der Waals surface area (Å²) in [5.41, 5.74) is 4.64. The summed E-state index contributed by atoms with van der Waals surface area (Å²) < 4.78 is 0. The van der Waals surface area contributed by atoms with Crippen LogP contribution in [0.5, 0.6) is 11.5 Å². The van der Waals surface area contributed by atoms with Gasteiger partial charge in [-0.25, -0.2) is 0 Å². The minimum atomic E-state index is 0.677. The molecule has 0 atom stereocenters. The maximum atomic E-state index is 5.83. The monoisotopic (exact) mass is 486 g/mol. The van der Waals surface area contributed by atoms with Crippen LogP contribution >= 0.6 is 0 Å². The molecule has 6 heteroatoms. The lowest BCUT2D eigenvalue weighted by atomic mass is 10.1. The van der Waals surface area contributed by atoms with Crippen LogP contribution in [0, 0.1) is 0 Å². The lowest BCUT2D eigenvalue weighted by Crippen LogP contribution is -2.20. The molecule has 0 saturated carbocycles. The molecule has 0 saturated heterocycles. The van der Waals surface area contributed by atoms with Gasteiger partial charge in [0.15, 0.2) is 11.5 Å². The molecule has 0 fully saturated rings. The third-order valence-electron chi connectivity index (χ3n) is 5.53. The summed E-state index contributed by atoms with van der Waals surface area (Å²) in [5.74, 6) is 1.35. The van der Waals surface area contributed by atoms with Crippen molar-refractivity contribution < 1.29 is 9.68 Å². The molecule has 3 rings (SSSR count). The molecule has 0 amide bonds. The minimum absolute atomic E-state index is 0.677. The number of hydrogen-bond donors (Lipinski definition) is 0. The van der Waals surface area contributed by atoms with E-state index in [1.807, 2.05) is 32.0 Å². The molecule has 190 valence electrons. The second kappa shape index (κ2) is 14.8. The Bertz CT molecular complexity index is 1020. The van der Waals surface area contributed by atoms with E-state index in [4.69, 9.17) is 9.68 Å². The molecule has 0 spiro atoms. The third-order valence-corrected chi connectivity index (χ3v) is 5.53. The van der Waals surface area contributed by atoms with Gasteiger partial charge in [-0.2, -0.15) is 0 Å². The SMILES string of the molecule is CC/C=N/Oc1cc(O/N=C/CC)c(CN(C)Cc2ccccc2)cc1CN(C)Cc1ccccc1. The zero-order valence-electron chi connectivity index (χ0n) is 21.9. The first-order valence-electron chi connectivity index (χ1n) is 12.6. The van der Waals surface area contributed by atoms with Crippen LogP contribution in [0.2, 0.25) is 0 Å². The van der Waals surface area contributed by atoms with Crippen molar-refractivity contribution in [3.05, 3.63) is 95.1 Å². The van der Waals surface area contributed by atoms with Crippen LogP contribution in [0.25, 0.3) is 0 Å². The van der Waals surface area contributed by atoms with Gasteiger partial charge in [0.1, 0.15) is 0 Å². The summed E-state index contributed by atoms with van der Waals surface area (Å²) in [6.07, 6.45) is 5.12. The lowest BCUT2D eigenvalue weighted by Gasteiger charge is -2.22. The zero-order chi connectivity index (χ0) is 25.6. The van der Waals surface area contributed by atoms with E-state index >= 15 is 0 Å². The van der Waals surface area contributed by atoms with Crippen LogP contribution in [0.4, 0.5) is 0 Å². The summed E-state index contributed by atoms with van der Waals surface area (Å²) >= 11 is 0. The van der Waals surface area contributed by atoms with Gasteiger partial charge in [-0.1, -0.05) is 84.8 Å². The second-order valence-corrected chi connectivity index (χ2v) is 8.96. The maximum Gasteiger partial charge on any atom is 0.166 e. The van der Waals surface area contributed by atoms with Gasteiger partial charge < -0.3 is 9.68 Å². The topological polar surface area (TPSA) is 49.7 Å². The Morgan fingerprint density at radius 3 is 1.42 bits per heavy atom. The zero-order valence-corrected chi connectivity index (χ0v) is 21.9. The van der Waals surface area contributed by atoms with E-state index in [2.05, 4.69) is 88.8 Å². The highest BCUT2D eigenvalue weighted by molar-refractivity contribution is 5.57. The molecule has 3 aromatic carbocycles. The smallest absolute Gasteiger partial charge is 0.166 e. The Balaban J connectivity index is 1.89. The average Bonchev–Trinajstić information content (AvgIpc) is 2.87. The van der Waals surface area contributed by atoms with Crippen LogP contribution in [0.1, 0.15) is 48.9 Å². The molecule has 36 heavy (non-hydrogen) atoms. The molecule has 6 nitrogen and oxygen atoms in total. The van der Waals surface area contributed by atoms with Crippen LogP contribution < -0.4 is 9.68 Å². The van der Waals surface area contributed by atoms with Crippen molar-refractivity contribution in [1.29, 1.82) is 0 Å². The standard InChI is InChI=1S/C30H38N4O2/c1-5-17-31-35-29-20-30(36-32-18-6-2)28(24-34(4)22-26-15-11-8-12-16-26)19-27(29)23-33(3)21-25-13-9-7-10-14-25/h7-20H,5-6,21-24H2,1-4H3/b31-17+,32-18+. The van der Waals surface area contributed by atoms with Crippen molar-refractivity contribution in [2.75, 3.05) is 14.1 Å². The maximum absolute atomic E-state index is 5.83. The van der Waals surface area contributed by atoms with Gasteiger partial charge in [-0.05, 0) is 44.1 Å². The summed E-state index contributed by atoms with van der Waals surface area (Å²) in [4.78, 5) is 16.2. The first-order chi connectivity index (χ1) is 17.6. The van der Waals surface area contributed by atoms with Crippen LogP contribution in [-0.4, -0.2) is 36.3 Å². The van der Waals surface area contributed by atoms with Crippen molar-refractivity contribution in [2.24, 2.45) is 10.3 Å². The van der Waals surface area contributed by atoms with E-state index < -0.39 is 0 Å². The van der Waals surface area contributed by atoms with Gasteiger partial charge >= 0.3 is 0 Å². The van der Waals surface area contributed by atoms with E-state index in [9.17, 15) is 0 Å². The molecular formula is C30H38N4O2. The molecule has 0 aliphatic rings. The largest absolute Gasteiger partial charge is 0.357 e. The highest BCUT2D eigenvalue weighted by atomic mass is 16.6. The predicted molar refractivity (Wildman–Crippen MR) is 148 cm³/mol. The Hall–Kier alpha value is -3.48. The highest BCUT2D eigenvalue weighted by Gasteiger charge is 2.17. The van der Waals surface area contributed by atoms with Crippen molar-refractivity contribution in [3.63, 3.8) is 0 Å². The quantitative estimate of drug-likeness (QED) is 0.193. The van der Waals surface area contributed by atoms with Crippen LogP contribution in [0.3, 0.4) is 0 Å². The van der Waals surface area contributed by atoms with E-state index in [0.29, 0.717) is 24.6 Å². The number of oxime groups is 2. The van der Waals surface area contributed by atoms with E-state index in [-0.39, 0.29) is 0 Å². The average molecular weight is 487 g/mol. The minimum Gasteiger partial charge on any atom is -0.357 e. The number of benzene rings is 3. The molecule has 0 radical (unpaired) electrons. The normalized spacial score (nSPS) is 11.7. The molecule has 0 N–H and O–H groups in total. The predicted octanol–water partition coefficient (Wildman–Crippen LogP) is 6.50. The Labute approximate surface area is 215 Å². The highest BCUT2D eigenvalue weighted by Crippen LogP contribution is 2.32. The molecule has 0 aliphatic heterocycles. The van der Waals surface area contributed by atoms with E-state index in [1.54, 1.807) is 12.4 Å². The van der Waals surface area contributed by atoms with Gasteiger partial charge in [-0.3, -0.25) is 9.80 Å². The Morgan fingerprint density at radius 2 is 1.03 bits per heavy atom. The fourth-order valence-corrected chi connectivity index (χ4v) is 3.89.